The molecule has 0 radical (unpaired) electrons. The number of sulfonamides is 1. The second-order valence-corrected chi connectivity index (χ2v) is 9.33. The molecule has 2 fully saturated rings. The van der Waals surface area contributed by atoms with E-state index < -0.39 is 10.0 Å². The number of rotatable bonds is 3. The first-order valence-corrected chi connectivity index (χ1v) is 10.1. The molecule has 1 aliphatic carbocycles. The molecule has 0 unspecified atom stereocenters. The molecule has 0 amide bonds. The standard InChI is InChI=1S/C15H24N2O2S2/c1-12-11-20-13(10-16)14(12)21(18,19)17-8-6-15(7-9-17)4-2-3-5-15/h11H,2-10,16H2,1H3. The average molecular weight is 329 g/mol. The van der Waals surface area contributed by atoms with E-state index in [1.165, 1.54) is 37.0 Å². The van der Waals surface area contributed by atoms with Crippen LogP contribution in [0.25, 0.3) is 0 Å². The van der Waals surface area contributed by atoms with E-state index in [9.17, 15) is 8.42 Å². The lowest BCUT2D eigenvalue weighted by molar-refractivity contribution is 0.160. The Labute approximate surface area is 131 Å². The number of nitrogens with zero attached hydrogens (tertiary/aromatic N) is 1. The Kier molecular flexibility index (Phi) is 4.16. The van der Waals surface area contributed by atoms with Gasteiger partial charge in [-0.2, -0.15) is 4.31 Å². The summed E-state index contributed by atoms with van der Waals surface area (Å²) in [5, 5.41) is 1.90. The Hall–Kier alpha value is -0.430. The van der Waals surface area contributed by atoms with E-state index in [4.69, 9.17) is 5.73 Å². The van der Waals surface area contributed by atoms with E-state index in [1.54, 1.807) is 4.31 Å². The molecule has 0 bridgehead atoms. The Bertz CT molecular complexity index is 606. The Balaban J connectivity index is 1.82. The minimum absolute atomic E-state index is 0.296. The molecule has 21 heavy (non-hydrogen) atoms. The zero-order valence-corrected chi connectivity index (χ0v) is 14.2. The van der Waals surface area contributed by atoms with Crippen LogP contribution in [0, 0.1) is 12.3 Å². The molecule has 6 heteroatoms. The fourth-order valence-electron chi connectivity index (χ4n) is 3.93. The van der Waals surface area contributed by atoms with Crippen molar-refractivity contribution in [3.8, 4) is 0 Å². The van der Waals surface area contributed by atoms with Gasteiger partial charge in [-0.15, -0.1) is 11.3 Å². The predicted octanol–water partition coefficient (Wildman–Crippen LogP) is 2.86. The fraction of sp³-hybridized carbons (Fsp3) is 0.733. The van der Waals surface area contributed by atoms with Gasteiger partial charge in [-0.1, -0.05) is 12.8 Å². The minimum atomic E-state index is -3.37. The van der Waals surface area contributed by atoms with Crippen molar-refractivity contribution < 1.29 is 8.42 Å². The Morgan fingerprint density at radius 2 is 1.86 bits per heavy atom. The number of thiophene rings is 1. The quantitative estimate of drug-likeness (QED) is 0.928. The molecule has 1 saturated carbocycles. The van der Waals surface area contributed by atoms with Gasteiger partial charge < -0.3 is 5.73 Å². The van der Waals surface area contributed by atoms with Gasteiger partial charge in [0.2, 0.25) is 10.0 Å². The van der Waals surface area contributed by atoms with Gasteiger partial charge in [-0.3, -0.25) is 0 Å². The molecule has 0 atom stereocenters. The van der Waals surface area contributed by atoms with Crippen molar-refractivity contribution in [2.24, 2.45) is 11.1 Å². The Morgan fingerprint density at radius 3 is 2.43 bits per heavy atom. The molecule has 1 aromatic rings. The number of hydrogen-bond acceptors (Lipinski definition) is 4. The highest BCUT2D eigenvalue weighted by Gasteiger charge is 2.40. The van der Waals surface area contributed by atoms with Crippen molar-refractivity contribution in [1.82, 2.24) is 4.31 Å². The molecule has 2 heterocycles. The Morgan fingerprint density at radius 1 is 1.24 bits per heavy atom. The highest BCUT2D eigenvalue weighted by Crippen LogP contribution is 2.47. The third kappa shape index (κ3) is 2.67. The van der Waals surface area contributed by atoms with Gasteiger partial charge in [-0.25, -0.2) is 8.42 Å². The van der Waals surface area contributed by atoms with Crippen LogP contribution in [0.1, 0.15) is 49.0 Å². The minimum Gasteiger partial charge on any atom is -0.326 e. The zero-order chi connectivity index (χ0) is 15.1. The van der Waals surface area contributed by atoms with Crippen LogP contribution in [0.5, 0.6) is 0 Å². The molecule has 1 spiro atoms. The van der Waals surface area contributed by atoms with Crippen LogP contribution in [0.3, 0.4) is 0 Å². The van der Waals surface area contributed by atoms with Crippen LogP contribution in [0.15, 0.2) is 10.3 Å². The van der Waals surface area contributed by atoms with Gasteiger partial charge in [0.1, 0.15) is 4.90 Å². The van der Waals surface area contributed by atoms with Gasteiger partial charge in [-0.05, 0) is 49.0 Å². The smallest absolute Gasteiger partial charge is 0.244 e. The monoisotopic (exact) mass is 328 g/mol. The summed E-state index contributed by atoms with van der Waals surface area (Å²) in [4.78, 5) is 1.26. The molecule has 0 aromatic carbocycles. The van der Waals surface area contributed by atoms with E-state index in [-0.39, 0.29) is 0 Å². The van der Waals surface area contributed by atoms with Crippen molar-refractivity contribution in [1.29, 1.82) is 0 Å². The lowest BCUT2D eigenvalue weighted by atomic mass is 9.78. The largest absolute Gasteiger partial charge is 0.326 e. The molecule has 1 aromatic heterocycles. The predicted molar refractivity (Wildman–Crippen MR) is 85.8 cm³/mol. The first-order valence-electron chi connectivity index (χ1n) is 7.76. The number of aryl methyl sites for hydroxylation is 1. The molecule has 4 nitrogen and oxygen atoms in total. The normalized spacial score (nSPS) is 23.0. The summed E-state index contributed by atoms with van der Waals surface area (Å²) in [7, 11) is -3.37. The molecule has 1 aliphatic heterocycles. The van der Waals surface area contributed by atoms with E-state index in [0.717, 1.165) is 23.3 Å². The second kappa shape index (κ2) is 5.65. The maximum absolute atomic E-state index is 12.9. The lowest BCUT2D eigenvalue weighted by Crippen LogP contribution is -2.42. The maximum atomic E-state index is 12.9. The zero-order valence-electron chi connectivity index (χ0n) is 12.6. The first kappa shape index (κ1) is 15.5. The van der Waals surface area contributed by atoms with Crippen LogP contribution in [0.2, 0.25) is 0 Å². The van der Waals surface area contributed by atoms with Gasteiger partial charge in [0.05, 0.1) is 0 Å². The SMILES string of the molecule is Cc1csc(CN)c1S(=O)(=O)N1CCC2(CCCC2)CC1. The van der Waals surface area contributed by atoms with E-state index in [0.29, 0.717) is 29.9 Å². The van der Waals surface area contributed by atoms with Crippen LogP contribution >= 0.6 is 11.3 Å². The first-order chi connectivity index (χ1) is 9.98. The van der Waals surface area contributed by atoms with Crippen LogP contribution in [0.4, 0.5) is 0 Å². The molecule has 3 rings (SSSR count). The highest BCUT2D eigenvalue weighted by molar-refractivity contribution is 7.89. The van der Waals surface area contributed by atoms with Crippen LogP contribution < -0.4 is 5.73 Å². The van der Waals surface area contributed by atoms with E-state index in [1.807, 2.05) is 12.3 Å². The van der Waals surface area contributed by atoms with Crippen LogP contribution in [-0.2, 0) is 16.6 Å². The molecular weight excluding hydrogens is 304 g/mol. The number of hydrogen-bond donors (Lipinski definition) is 1. The maximum Gasteiger partial charge on any atom is 0.244 e. The van der Waals surface area contributed by atoms with Gasteiger partial charge in [0.25, 0.3) is 0 Å². The molecule has 2 aliphatic rings. The van der Waals surface area contributed by atoms with Gasteiger partial charge >= 0.3 is 0 Å². The van der Waals surface area contributed by atoms with Crippen molar-refractivity contribution in [3.05, 3.63) is 15.8 Å². The summed E-state index contributed by atoms with van der Waals surface area (Å²) in [6, 6.07) is 0. The number of nitrogens with two attached hydrogens (primary N) is 1. The summed E-state index contributed by atoms with van der Waals surface area (Å²) >= 11 is 1.46. The highest BCUT2D eigenvalue weighted by atomic mass is 32.2. The molecular formula is C15H24N2O2S2. The average Bonchev–Trinajstić information content (AvgIpc) is 3.06. The summed E-state index contributed by atoms with van der Waals surface area (Å²) in [6.07, 6.45) is 7.24. The number of piperidine rings is 1. The van der Waals surface area contributed by atoms with Gasteiger partial charge in [0, 0.05) is 24.5 Å². The van der Waals surface area contributed by atoms with Crippen molar-refractivity contribution in [3.63, 3.8) is 0 Å². The lowest BCUT2D eigenvalue weighted by Gasteiger charge is -2.38. The second-order valence-electron chi connectivity index (χ2n) is 6.49. The third-order valence-electron chi connectivity index (χ3n) is 5.22. The summed E-state index contributed by atoms with van der Waals surface area (Å²) in [5.41, 5.74) is 6.98. The van der Waals surface area contributed by atoms with Crippen molar-refractivity contribution in [2.75, 3.05) is 13.1 Å². The molecule has 2 N–H and O–H groups in total. The summed E-state index contributed by atoms with van der Waals surface area (Å²) in [5.74, 6) is 0. The summed E-state index contributed by atoms with van der Waals surface area (Å²) < 4.78 is 27.5. The topological polar surface area (TPSA) is 63.4 Å². The van der Waals surface area contributed by atoms with Crippen molar-refractivity contribution >= 4 is 21.4 Å². The van der Waals surface area contributed by atoms with E-state index >= 15 is 0 Å². The third-order valence-corrected chi connectivity index (χ3v) is 8.61. The fourth-order valence-corrected chi connectivity index (χ4v) is 7.02. The van der Waals surface area contributed by atoms with Gasteiger partial charge in [0.15, 0.2) is 0 Å². The molecule has 1 saturated heterocycles. The summed E-state index contributed by atoms with van der Waals surface area (Å²) in [6.45, 7) is 3.50. The van der Waals surface area contributed by atoms with Crippen LogP contribution in [-0.4, -0.2) is 25.8 Å². The van der Waals surface area contributed by atoms with Crippen molar-refractivity contribution in [2.45, 2.75) is 56.9 Å². The molecule has 118 valence electrons. The van der Waals surface area contributed by atoms with E-state index in [2.05, 4.69) is 0 Å².